The first kappa shape index (κ1) is 40.3. The monoisotopic (exact) mass is 723 g/mol. The van der Waals surface area contributed by atoms with Gasteiger partial charge in [-0.2, -0.15) is 10.2 Å². The van der Waals surface area contributed by atoms with Crippen LogP contribution in [0, 0.1) is 5.92 Å². The minimum atomic E-state index is -4.57. The van der Waals surface area contributed by atoms with Gasteiger partial charge in [-0.1, -0.05) is 58.7 Å². The highest BCUT2D eigenvalue weighted by atomic mass is 31.2. The molecule has 0 aliphatic rings. The molecule has 0 fully saturated rings. The maximum Gasteiger partial charge on any atom is 0.459 e. The summed E-state index contributed by atoms with van der Waals surface area (Å²) in [6.45, 7) is 6.30. The first-order valence-corrected chi connectivity index (χ1v) is 18.0. The van der Waals surface area contributed by atoms with Crippen molar-refractivity contribution in [2.75, 3.05) is 32.7 Å². The molecule has 1 aromatic carbocycles. The van der Waals surface area contributed by atoms with E-state index in [1.807, 2.05) is 13.8 Å². The quantitative estimate of drug-likeness (QED) is 0.0834. The van der Waals surface area contributed by atoms with Crippen LogP contribution >= 0.6 is 7.75 Å². The van der Waals surface area contributed by atoms with Gasteiger partial charge in [0, 0.05) is 20.0 Å². The van der Waals surface area contributed by atoms with E-state index in [0.717, 1.165) is 20.0 Å². The number of anilines is 1. The summed E-state index contributed by atoms with van der Waals surface area (Å²) >= 11 is 0. The molecular formula is C33H47FN5O10P. The lowest BCUT2D eigenvalue weighted by Crippen LogP contribution is -2.56. The van der Waals surface area contributed by atoms with Crippen LogP contribution in [0.15, 0.2) is 48.8 Å². The second kappa shape index (κ2) is 18.8. The Hall–Kier alpha value is -4.11. The minimum Gasteiger partial charge on any atom is -0.464 e. The van der Waals surface area contributed by atoms with Crippen molar-refractivity contribution in [1.82, 2.24) is 19.7 Å². The number of halogens is 1. The molecule has 0 radical (unpaired) electrons. The lowest BCUT2D eigenvalue weighted by atomic mass is 9.92. The van der Waals surface area contributed by atoms with Crippen LogP contribution in [-0.4, -0.2) is 77.3 Å². The molecule has 0 spiro atoms. The molecular weight excluding hydrogens is 676 g/mol. The number of rotatable bonds is 21. The van der Waals surface area contributed by atoms with E-state index in [1.165, 1.54) is 42.9 Å². The van der Waals surface area contributed by atoms with Crippen molar-refractivity contribution >= 4 is 37.0 Å². The second-order valence-corrected chi connectivity index (χ2v) is 13.2. The lowest BCUT2D eigenvalue weighted by molar-refractivity contribution is -0.208. The zero-order chi connectivity index (χ0) is 36.9. The van der Waals surface area contributed by atoms with E-state index in [1.54, 1.807) is 31.2 Å². The Balaban J connectivity index is 2.07. The zero-order valence-electron chi connectivity index (χ0n) is 29.2. The Bertz CT molecular complexity index is 1600. The smallest absolute Gasteiger partial charge is 0.459 e. The molecule has 0 saturated carbocycles. The number of nitrogen functional groups attached to an aromatic ring is 1. The van der Waals surface area contributed by atoms with Crippen molar-refractivity contribution in [3.05, 3.63) is 54.5 Å². The Labute approximate surface area is 290 Å². The third-order valence-corrected chi connectivity index (χ3v) is 9.72. The number of carbonyl (C=O) groups excluding carboxylic acids is 3. The number of nitrogens with one attached hydrogen (secondary N) is 1. The number of nitrogens with zero attached hydrogens (tertiary/aromatic N) is 3. The first-order chi connectivity index (χ1) is 23.9. The number of ether oxygens (including phenoxy) is 4. The SMILES string of the molecule is CCC(=O)O[C@@H](c1ccc2c(N)ncnn12)[C@H](OC(=O)CC)[C@@](CF)(CO[P@@](=O)(N[C@@H](C)C(=O)OCC(CC)CC)Oc1ccccc1)OC. The van der Waals surface area contributed by atoms with Gasteiger partial charge < -0.3 is 29.2 Å². The van der Waals surface area contributed by atoms with Gasteiger partial charge in [-0.15, -0.1) is 0 Å². The van der Waals surface area contributed by atoms with Crippen LogP contribution in [0.25, 0.3) is 5.52 Å². The van der Waals surface area contributed by atoms with Gasteiger partial charge in [0.2, 0.25) is 0 Å². The number of para-hydroxylation sites is 1. The zero-order valence-corrected chi connectivity index (χ0v) is 30.1. The van der Waals surface area contributed by atoms with Gasteiger partial charge in [0.1, 0.15) is 30.3 Å². The Kier molecular flexibility index (Phi) is 15.1. The fourth-order valence-electron chi connectivity index (χ4n) is 4.83. The number of hydrogen-bond donors (Lipinski definition) is 2. The van der Waals surface area contributed by atoms with Crippen LogP contribution in [0.2, 0.25) is 0 Å². The largest absolute Gasteiger partial charge is 0.464 e. The standard InChI is InChI=1S/C33H47FN5O10P/c1-7-23(8-2)18-45-32(42)22(5)38-50(43,49-24-14-12-11-13-15-24)46-20-33(19-34,44-6)30(48-28(41)10-4)29(47-27(40)9-3)25-16-17-26-31(35)36-21-37-39(25)26/h11-17,21-23,29-30H,7-10,18-20H2,1-6H3,(H,38,43)(H2,35,36,37)/t22-,29-,30-,33+,50-/m0/s1. The summed E-state index contributed by atoms with van der Waals surface area (Å²) in [5.41, 5.74) is 4.22. The maximum atomic E-state index is 15.5. The topological polar surface area (TPSA) is 192 Å². The molecule has 50 heavy (non-hydrogen) atoms. The number of methoxy groups -OCH3 is 1. The van der Waals surface area contributed by atoms with Gasteiger partial charge >= 0.3 is 25.7 Å². The number of aromatic nitrogens is 3. The highest BCUT2D eigenvalue weighted by Crippen LogP contribution is 2.47. The predicted molar refractivity (Wildman–Crippen MR) is 181 cm³/mol. The molecule has 0 aliphatic carbocycles. The highest BCUT2D eigenvalue weighted by Gasteiger charge is 2.52. The maximum absolute atomic E-state index is 15.5. The van der Waals surface area contributed by atoms with Gasteiger partial charge in [-0.05, 0) is 37.1 Å². The van der Waals surface area contributed by atoms with Crippen molar-refractivity contribution < 1.29 is 51.3 Å². The molecule has 276 valence electrons. The van der Waals surface area contributed by atoms with E-state index < -0.39 is 62.8 Å². The number of hydrogen-bond acceptors (Lipinski definition) is 13. The van der Waals surface area contributed by atoms with Gasteiger partial charge in [0.25, 0.3) is 0 Å². The number of esters is 3. The van der Waals surface area contributed by atoms with Crippen molar-refractivity contribution in [3.63, 3.8) is 0 Å². The summed E-state index contributed by atoms with van der Waals surface area (Å²) in [5.74, 6) is -1.91. The molecule has 0 bridgehead atoms. The molecule has 0 amide bonds. The fourth-order valence-corrected chi connectivity index (χ4v) is 6.38. The predicted octanol–water partition coefficient (Wildman–Crippen LogP) is 5.14. The molecule has 3 aromatic rings. The Morgan fingerprint density at radius 3 is 2.28 bits per heavy atom. The van der Waals surface area contributed by atoms with Crippen molar-refractivity contribution in [1.29, 1.82) is 0 Å². The fraction of sp³-hybridized carbons (Fsp3) is 0.545. The molecule has 15 nitrogen and oxygen atoms in total. The third-order valence-electron chi connectivity index (χ3n) is 8.09. The van der Waals surface area contributed by atoms with Crippen LogP contribution in [0.1, 0.15) is 72.1 Å². The summed E-state index contributed by atoms with van der Waals surface area (Å²) in [6, 6.07) is 9.81. The average Bonchev–Trinajstić information content (AvgIpc) is 3.56. The third kappa shape index (κ3) is 10.2. The van der Waals surface area contributed by atoms with E-state index in [0.29, 0.717) is 5.52 Å². The van der Waals surface area contributed by atoms with Gasteiger partial charge in [-0.3, -0.25) is 18.9 Å². The summed E-state index contributed by atoms with van der Waals surface area (Å²) in [4.78, 5) is 42.6. The lowest BCUT2D eigenvalue weighted by Gasteiger charge is -2.40. The number of nitrogens with two attached hydrogens (primary N) is 1. The van der Waals surface area contributed by atoms with E-state index >= 15 is 4.39 Å². The van der Waals surface area contributed by atoms with Gasteiger partial charge in [-0.25, -0.2) is 18.5 Å². The van der Waals surface area contributed by atoms with Crippen molar-refractivity contribution in [2.45, 2.75) is 84.2 Å². The average molecular weight is 724 g/mol. The van der Waals surface area contributed by atoms with E-state index in [4.69, 9.17) is 33.7 Å². The van der Waals surface area contributed by atoms with Gasteiger partial charge in [0.15, 0.2) is 23.6 Å². The molecule has 17 heteroatoms. The Morgan fingerprint density at radius 1 is 1.02 bits per heavy atom. The highest BCUT2D eigenvalue weighted by molar-refractivity contribution is 7.52. The molecule has 2 heterocycles. The second-order valence-electron chi connectivity index (χ2n) is 11.5. The summed E-state index contributed by atoms with van der Waals surface area (Å²) in [7, 11) is -3.45. The van der Waals surface area contributed by atoms with E-state index in [2.05, 4.69) is 15.2 Å². The van der Waals surface area contributed by atoms with Gasteiger partial charge in [0.05, 0.1) is 18.9 Å². The van der Waals surface area contributed by atoms with E-state index in [-0.39, 0.29) is 42.6 Å². The molecule has 0 aliphatic heterocycles. The summed E-state index contributed by atoms with van der Waals surface area (Å²) in [5, 5.41) is 6.77. The minimum absolute atomic E-state index is 0.0905. The number of carbonyl (C=O) groups is 3. The normalized spacial score (nSPS) is 15.8. The Morgan fingerprint density at radius 2 is 1.68 bits per heavy atom. The molecule has 5 atom stereocenters. The molecule has 3 N–H and O–H groups in total. The number of benzene rings is 1. The van der Waals surface area contributed by atoms with Crippen LogP contribution in [0.5, 0.6) is 5.75 Å². The summed E-state index contributed by atoms with van der Waals surface area (Å²) < 4.78 is 65.5. The van der Waals surface area contributed by atoms with Crippen LogP contribution in [0.3, 0.4) is 0 Å². The molecule has 0 saturated heterocycles. The molecule has 0 unspecified atom stereocenters. The van der Waals surface area contributed by atoms with E-state index in [9.17, 15) is 18.9 Å². The number of fused-ring (bicyclic) bond motifs is 1. The number of alkyl halides is 1. The van der Waals surface area contributed by atoms with Crippen LogP contribution in [0.4, 0.5) is 10.2 Å². The summed E-state index contributed by atoms with van der Waals surface area (Å²) in [6.07, 6.45) is -0.770. The molecule has 2 aromatic heterocycles. The van der Waals surface area contributed by atoms with Crippen molar-refractivity contribution in [2.24, 2.45) is 5.92 Å². The first-order valence-electron chi connectivity index (χ1n) is 16.4. The van der Waals surface area contributed by atoms with Crippen LogP contribution < -0.4 is 15.3 Å². The van der Waals surface area contributed by atoms with Crippen LogP contribution in [-0.2, 0) is 42.4 Å². The molecule has 3 rings (SSSR count). The van der Waals surface area contributed by atoms with Crippen molar-refractivity contribution in [3.8, 4) is 5.75 Å².